The molecule has 0 aliphatic carbocycles. The van der Waals surface area contributed by atoms with Gasteiger partial charge in [0.05, 0.1) is 0 Å². The molecule has 0 aromatic carbocycles. The topological polar surface area (TPSA) is 124 Å². The first kappa shape index (κ1) is 13.8. The fraction of sp³-hybridized carbons (Fsp3) is 0.333. The maximum Gasteiger partial charge on any atom is 0.326 e. The van der Waals surface area contributed by atoms with Gasteiger partial charge in [-0.25, -0.2) is 4.79 Å². The SMILES string of the molecule is CC(C)(C)c1cc(NC(=O)c2cc(=O)[nH]c(=O)[nH]2)n[nH]1. The molecule has 106 valence electrons. The summed E-state index contributed by atoms with van der Waals surface area (Å²) in [7, 11) is 0. The van der Waals surface area contributed by atoms with Crippen molar-refractivity contribution in [1.29, 1.82) is 0 Å². The van der Waals surface area contributed by atoms with E-state index in [-0.39, 0.29) is 11.1 Å². The van der Waals surface area contributed by atoms with Gasteiger partial charge >= 0.3 is 5.69 Å². The fourth-order valence-electron chi connectivity index (χ4n) is 1.54. The standard InChI is InChI=1S/C12H15N5O3/c1-12(2,3)7-5-8(17-16-7)14-10(19)6-4-9(18)15-11(20)13-6/h4-5H,1-3H3,(H2,13,15,18,20)(H2,14,16,17,19). The van der Waals surface area contributed by atoms with Crippen LogP contribution in [0.3, 0.4) is 0 Å². The fourth-order valence-corrected chi connectivity index (χ4v) is 1.54. The lowest BCUT2D eigenvalue weighted by molar-refractivity contribution is 0.102. The van der Waals surface area contributed by atoms with E-state index in [1.807, 2.05) is 25.8 Å². The van der Waals surface area contributed by atoms with Crippen molar-refractivity contribution in [3.8, 4) is 0 Å². The van der Waals surface area contributed by atoms with Crippen molar-refractivity contribution >= 4 is 11.7 Å². The smallest absolute Gasteiger partial charge is 0.304 e. The van der Waals surface area contributed by atoms with Gasteiger partial charge in [0.25, 0.3) is 11.5 Å². The second-order valence-corrected chi connectivity index (χ2v) is 5.37. The summed E-state index contributed by atoms with van der Waals surface area (Å²) < 4.78 is 0. The number of nitrogens with one attached hydrogen (secondary N) is 4. The van der Waals surface area contributed by atoms with E-state index in [1.165, 1.54) is 0 Å². The third kappa shape index (κ3) is 3.02. The Morgan fingerprint density at radius 2 is 1.90 bits per heavy atom. The Kier molecular flexibility index (Phi) is 3.31. The number of H-pyrrole nitrogens is 3. The molecule has 0 saturated carbocycles. The van der Waals surface area contributed by atoms with Gasteiger partial charge in [-0.15, -0.1) is 0 Å². The van der Waals surface area contributed by atoms with Crippen molar-refractivity contribution in [2.45, 2.75) is 26.2 Å². The van der Waals surface area contributed by atoms with Gasteiger partial charge in [-0.05, 0) is 0 Å². The van der Waals surface area contributed by atoms with E-state index >= 15 is 0 Å². The largest absolute Gasteiger partial charge is 0.326 e. The zero-order valence-electron chi connectivity index (χ0n) is 11.3. The molecule has 0 atom stereocenters. The first-order valence-corrected chi connectivity index (χ1v) is 5.96. The third-order valence-corrected chi connectivity index (χ3v) is 2.63. The molecule has 2 aromatic heterocycles. The van der Waals surface area contributed by atoms with Gasteiger partial charge in [0, 0.05) is 23.2 Å². The van der Waals surface area contributed by atoms with Crippen molar-refractivity contribution in [2.24, 2.45) is 0 Å². The highest BCUT2D eigenvalue weighted by molar-refractivity contribution is 6.02. The molecule has 2 heterocycles. The molecule has 0 radical (unpaired) electrons. The summed E-state index contributed by atoms with van der Waals surface area (Å²) in [4.78, 5) is 38.3. The van der Waals surface area contributed by atoms with Gasteiger partial charge in [0.1, 0.15) is 5.69 Å². The Hall–Kier alpha value is -2.64. The van der Waals surface area contributed by atoms with E-state index in [9.17, 15) is 14.4 Å². The van der Waals surface area contributed by atoms with Gasteiger partial charge in [-0.3, -0.25) is 19.7 Å². The summed E-state index contributed by atoms with van der Waals surface area (Å²) in [5.41, 5.74) is -0.781. The van der Waals surface area contributed by atoms with Crippen LogP contribution in [-0.2, 0) is 5.41 Å². The van der Waals surface area contributed by atoms with Crippen LogP contribution in [0.4, 0.5) is 5.82 Å². The summed E-state index contributed by atoms with van der Waals surface area (Å²) in [5.74, 6) is -0.291. The van der Waals surface area contributed by atoms with Crippen molar-refractivity contribution in [1.82, 2.24) is 20.2 Å². The summed E-state index contributed by atoms with van der Waals surface area (Å²) >= 11 is 0. The molecular formula is C12H15N5O3. The molecule has 0 unspecified atom stereocenters. The number of aromatic nitrogens is 4. The summed E-state index contributed by atoms with van der Waals surface area (Å²) in [5, 5.41) is 9.28. The Balaban J connectivity index is 2.22. The van der Waals surface area contributed by atoms with Crippen LogP contribution in [0.2, 0.25) is 0 Å². The molecular weight excluding hydrogens is 262 g/mol. The normalized spacial score (nSPS) is 11.3. The molecule has 8 nitrogen and oxygen atoms in total. The molecule has 0 saturated heterocycles. The van der Waals surface area contributed by atoms with Gasteiger partial charge in [0.2, 0.25) is 0 Å². The minimum Gasteiger partial charge on any atom is -0.304 e. The van der Waals surface area contributed by atoms with E-state index < -0.39 is 17.2 Å². The van der Waals surface area contributed by atoms with Gasteiger partial charge < -0.3 is 10.3 Å². The Bertz CT molecular complexity index is 719. The van der Waals surface area contributed by atoms with E-state index in [0.717, 1.165) is 11.8 Å². The number of hydrogen-bond donors (Lipinski definition) is 4. The number of carbonyl (C=O) groups is 1. The Morgan fingerprint density at radius 1 is 1.20 bits per heavy atom. The molecule has 0 aliphatic heterocycles. The molecule has 8 heteroatoms. The van der Waals surface area contributed by atoms with Crippen LogP contribution in [0.1, 0.15) is 37.0 Å². The zero-order chi connectivity index (χ0) is 14.9. The lowest BCUT2D eigenvalue weighted by atomic mass is 9.92. The van der Waals surface area contributed by atoms with Crippen molar-refractivity contribution in [3.05, 3.63) is 44.4 Å². The Labute approximate surface area is 113 Å². The average molecular weight is 277 g/mol. The second-order valence-electron chi connectivity index (χ2n) is 5.37. The molecule has 2 aromatic rings. The molecule has 0 bridgehead atoms. The van der Waals surface area contributed by atoms with Crippen molar-refractivity contribution in [2.75, 3.05) is 5.32 Å². The first-order valence-electron chi connectivity index (χ1n) is 5.96. The molecule has 2 rings (SSSR count). The minimum atomic E-state index is -0.736. The molecule has 0 spiro atoms. The summed E-state index contributed by atoms with van der Waals surface area (Å²) in [6.45, 7) is 6.00. The molecule has 0 fully saturated rings. The van der Waals surface area contributed by atoms with E-state index in [0.29, 0.717) is 5.82 Å². The number of amides is 1. The van der Waals surface area contributed by atoms with Gasteiger partial charge in [-0.1, -0.05) is 20.8 Å². The van der Waals surface area contributed by atoms with E-state index in [1.54, 1.807) is 6.07 Å². The number of anilines is 1. The van der Waals surface area contributed by atoms with Gasteiger partial charge in [-0.2, -0.15) is 5.10 Å². The van der Waals surface area contributed by atoms with Crippen LogP contribution in [0, 0.1) is 0 Å². The number of carbonyl (C=O) groups excluding carboxylic acids is 1. The highest BCUT2D eigenvalue weighted by Gasteiger charge is 2.18. The summed E-state index contributed by atoms with van der Waals surface area (Å²) in [6.07, 6.45) is 0. The highest BCUT2D eigenvalue weighted by Crippen LogP contribution is 2.21. The minimum absolute atomic E-state index is 0.126. The average Bonchev–Trinajstić information content (AvgIpc) is 2.75. The maximum absolute atomic E-state index is 11.9. The van der Waals surface area contributed by atoms with Crippen LogP contribution >= 0.6 is 0 Å². The quantitative estimate of drug-likeness (QED) is 0.631. The third-order valence-electron chi connectivity index (χ3n) is 2.63. The van der Waals surface area contributed by atoms with Crippen molar-refractivity contribution < 1.29 is 4.79 Å². The van der Waals surface area contributed by atoms with Crippen molar-refractivity contribution in [3.63, 3.8) is 0 Å². The van der Waals surface area contributed by atoms with E-state index in [4.69, 9.17) is 0 Å². The monoisotopic (exact) mass is 277 g/mol. The predicted octanol–water partition coefficient (Wildman–Crippen LogP) is 0.336. The summed E-state index contributed by atoms with van der Waals surface area (Å²) in [6, 6.07) is 2.71. The van der Waals surface area contributed by atoms with Crippen LogP contribution in [0.25, 0.3) is 0 Å². The highest BCUT2D eigenvalue weighted by atomic mass is 16.2. The van der Waals surface area contributed by atoms with E-state index in [2.05, 4.69) is 20.5 Å². The molecule has 1 amide bonds. The lowest BCUT2D eigenvalue weighted by Crippen LogP contribution is -2.27. The second kappa shape index (κ2) is 4.80. The van der Waals surface area contributed by atoms with Gasteiger partial charge in [0.15, 0.2) is 5.82 Å². The lowest BCUT2D eigenvalue weighted by Gasteiger charge is -2.14. The number of nitrogens with zero attached hydrogens (tertiary/aromatic N) is 1. The first-order chi connectivity index (χ1) is 9.25. The number of hydrogen-bond acceptors (Lipinski definition) is 4. The molecule has 0 aliphatic rings. The van der Waals surface area contributed by atoms with Crippen LogP contribution in [0.15, 0.2) is 21.7 Å². The predicted molar refractivity (Wildman–Crippen MR) is 72.9 cm³/mol. The zero-order valence-corrected chi connectivity index (χ0v) is 11.3. The number of rotatable bonds is 2. The van der Waals surface area contributed by atoms with Crippen LogP contribution < -0.4 is 16.6 Å². The maximum atomic E-state index is 11.9. The molecule has 20 heavy (non-hydrogen) atoms. The van der Waals surface area contributed by atoms with Crippen LogP contribution in [-0.4, -0.2) is 26.1 Å². The Morgan fingerprint density at radius 3 is 2.45 bits per heavy atom. The number of aromatic amines is 3. The molecule has 4 N–H and O–H groups in total. The van der Waals surface area contributed by atoms with Crippen LogP contribution in [0.5, 0.6) is 0 Å².